The van der Waals surface area contributed by atoms with Crippen LogP contribution in [-0.2, 0) is 6.54 Å². The highest BCUT2D eigenvalue weighted by atomic mass is 35.5. The Morgan fingerprint density at radius 2 is 1.93 bits per heavy atom. The lowest BCUT2D eigenvalue weighted by molar-refractivity contribution is 0.522. The number of anilines is 2. The normalized spacial score (nSPS) is 15.3. The third-order valence-corrected chi connectivity index (χ3v) is 5.72. The highest BCUT2D eigenvalue weighted by Gasteiger charge is 2.22. The molecule has 0 bridgehead atoms. The van der Waals surface area contributed by atoms with Crippen LogP contribution in [0.1, 0.15) is 24.2 Å². The summed E-state index contributed by atoms with van der Waals surface area (Å²) in [6, 6.07) is 5.84. The quantitative estimate of drug-likeness (QED) is 0.671. The second-order valence-corrected chi connectivity index (χ2v) is 8.18. The Bertz CT molecular complexity index is 897. The Hall–Kier alpha value is -1.90. The topological polar surface area (TPSA) is 71.8 Å². The molecule has 1 saturated heterocycles. The average Bonchev–Trinajstić information content (AvgIpc) is 3.24. The number of benzene rings is 1. The van der Waals surface area contributed by atoms with E-state index in [9.17, 15) is 0 Å². The van der Waals surface area contributed by atoms with Crippen molar-refractivity contribution in [2.75, 3.05) is 23.3 Å². The first-order valence-corrected chi connectivity index (χ1v) is 10.2. The first-order chi connectivity index (χ1) is 13.0. The Morgan fingerprint density at radius 1 is 1.19 bits per heavy atom. The van der Waals surface area contributed by atoms with Gasteiger partial charge in [0.05, 0.1) is 6.54 Å². The Labute approximate surface area is 171 Å². The lowest BCUT2D eigenvalue weighted by atomic mass is 10.1. The van der Waals surface area contributed by atoms with E-state index < -0.39 is 0 Å². The number of rotatable bonds is 5. The molecule has 1 aromatic carbocycles. The molecule has 1 N–H and O–H groups in total. The van der Waals surface area contributed by atoms with Crippen LogP contribution in [0.15, 0.2) is 24.5 Å². The van der Waals surface area contributed by atoms with Crippen LogP contribution in [0.5, 0.6) is 0 Å². The molecule has 4 rings (SSSR count). The summed E-state index contributed by atoms with van der Waals surface area (Å²) in [5.74, 6) is 1.49. The molecular formula is C17H19Cl2N7S. The summed E-state index contributed by atoms with van der Waals surface area (Å²) >= 11 is 13.6. The second kappa shape index (κ2) is 8.00. The van der Waals surface area contributed by atoms with E-state index in [2.05, 4.69) is 29.7 Å². The maximum absolute atomic E-state index is 6.05. The number of aryl methyl sites for hydroxylation is 1. The van der Waals surface area contributed by atoms with Gasteiger partial charge in [0.1, 0.15) is 12.2 Å². The fraction of sp³-hybridized carbons (Fsp3) is 0.412. The van der Waals surface area contributed by atoms with Crippen LogP contribution in [0.4, 0.5) is 11.1 Å². The number of nitrogens with one attached hydrogen (secondary N) is 1. The van der Waals surface area contributed by atoms with E-state index in [0.717, 1.165) is 42.5 Å². The Morgan fingerprint density at radius 3 is 2.59 bits per heavy atom. The summed E-state index contributed by atoms with van der Waals surface area (Å²) in [7, 11) is 0. The van der Waals surface area contributed by atoms with Gasteiger partial charge in [-0.1, -0.05) is 23.2 Å². The van der Waals surface area contributed by atoms with Crippen molar-refractivity contribution in [3.05, 3.63) is 46.0 Å². The van der Waals surface area contributed by atoms with Crippen molar-refractivity contribution in [1.82, 2.24) is 24.1 Å². The van der Waals surface area contributed by atoms with Crippen molar-refractivity contribution in [1.29, 1.82) is 0 Å². The predicted molar refractivity (Wildman–Crippen MR) is 109 cm³/mol. The lowest BCUT2D eigenvalue weighted by Crippen LogP contribution is -2.39. The molecule has 0 unspecified atom stereocenters. The highest BCUT2D eigenvalue weighted by molar-refractivity contribution is 7.09. The van der Waals surface area contributed by atoms with Crippen LogP contribution in [0.3, 0.4) is 0 Å². The molecule has 3 aromatic rings. The van der Waals surface area contributed by atoms with Crippen LogP contribution in [0.2, 0.25) is 10.0 Å². The fourth-order valence-corrected chi connectivity index (χ4v) is 4.44. The van der Waals surface area contributed by atoms with Crippen molar-refractivity contribution >= 4 is 45.8 Å². The van der Waals surface area contributed by atoms with Gasteiger partial charge >= 0.3 is 0 Å². The molecule has 0 aliphatic carbocycles. The molecule has 142 valence electrons. The lowest BCUT2D eigenvalue weighted by Gasteiger charge is -2.31. The zero-order chi connectivity index (χ0) is 18.8. The van der Waals surface area contributed by atoms with Gasteiger partial charge < -0.3 is 10.2 Å². The van der Waals surface area contributed by atoms with Gasteiger partial charge in [0.15, 0.2) is 0 Å². The van der Waals surface area contributed by atoms with E-state index in [4.69, 9.17) is 23.2 Å². The zero-order valence-electron chi connectivity index (χ0n) is 14.8. The zero-order valence-corrected chi connectivity index (χ0v) is 17.1. The molecule has 1 aliphatic rings. The van der Waals surface area contributed by atoms with E-state index in [-0.39, 0.29) is 0 Å². The van der Waals surface area contributed by atoms with Gasteiger partial charge in [-0.3, -0.25) is 0 Å². The highest BCUT2D eigenvalue weighted by Crippen LogP contribution is 2.23. The summed E-state index contributed by atoms with van der Waals surface area (Å²) in [5, 5.41) is 10.2. The minimum Gasteiger partial charge on any atom is -0.350 e. The summed E-state index contributed by atoms with van der Waals surface area (Å²) < 4.78 is 6.04. The van der Waals surface area contributed by atoms with Crippen LogP contribution < -0.4 is 10.2 Å². The molecule has 0 radical (unpaired) electrons. The van der Waals surface area contributed by atoms with Gasteiger partial charge in [-0.15, -0.1) is 5.10 Å². The molecule has 27 heavy (non-hydrogen) atoms. The molecule has 1 fully saturated rings. The molecule has 0 atom stereocenters. The number of hydrogen-bond donors (Lipinski definition) is 1. The standard InChI is InChI=1S/C17H19Cl2N7S/c1-11-21-17(27-24-11)25-4-2-15(3-5-25)22-16-20-10-26(23-16)9-12-6-13(18)8-14(19)7-12/h6-8,10,15H,2-5,9H2,1H3,(H,22,23). The minimum atomic E-state index is 0.353. The third kappa shape index (κ3) is 4.69. The molecule has 2 aromatic heterocycles. The third-order valence-electron chi connectivity index (χ3n) is 4.42. The van der Waals surface area contributed by atoms with E-state index in [0.29, 0.717) is 28.6 Å². The Balaban J connectivity index is 1.32. The molecule has 3 heterocycles. The summed E-state index contributed by atoms with van der Waals surface area (Å²) in [6.07, 6.45) is 3.74. The second-order valence-electron chi connectivity index (χ2n) is 6.57. The predicted octanol–water partition coefficient (Wildman–Crippen LogP) is 3.87. The van der Waals surface area contributed by atoms with Gasteiger partial charge in [-0.25, -0.2) is 14.6 Å². The van der Waals surface area contributed by atoms with Crippen molar-refractivity contribution < 1.29 is 0 Å². The number of halogens is 2. The Kier molecular flexibility index (Phi) is 5.47. The van der Waals surface area contributed by atoms with E-state index >= 15 is 0 Å². The first-order valence-electron chi connectivity index (χ1n) is 8.71. The minimum absolute atomic E-state index is 0.353. The molecule has 0 amide bonds. The van der Waals surface area contributed by atoms with Gasteiger partial charge in [-0.2, -0.15) is 4.37 Å². The molecule has 10 heteroatoms. The number of hydrogen-bond acceptors (Lipinski definition) is 7. The number of piperidine rings is 1. The monoisotopic (exact) mass is 423 g/mol. The summed E-state index contributed by atoms with van der Waals surface area (Å²) in [6.45, 7) is 4.40. The van der Waals surface area contributed by atoms with Crippen LogP contribution >= 0.6 is 34.7 Å². The SMILES string of the molecule is Cc1nsc(N2CCC(Nc3ncn(Cc4cc(Cl)cc(Cl)c4)n3)CC2)n1. The fourth-order valence-electron chi connectivity index (χ4n) is 3.14. The molecule has 0 saturated carbocycles. The maximum atomic E-state index is 6.05. The number of aromatic nitrogens is 5. The van der Waals surface area contributed by atoms with Crippen molar-refractivity contribution in [3.8, 4) is 0 Å². The molecular weight excluding hydrogens is 405 g/mol. The van der Waals surface area contributed by atoms with E-state index in [1.54, 1.807) is 17.1 Å². The maximum Gasteiger partial charge on any atom is 0.242 e. The van der Waals surface area contributed by atoms with E-state index in [1.165, 1.54) is 11.5 Å². The van der Waals surface area contributed by atoms with Crippen LogP contribution in [0.25, 0.3) is 0 Å². The van der Waals surface area contributed by atoms with Gasteiger partial charge in [0, 0.05) is 40.7 Å². The van der Waals surface area contributed by atoms with Crippen molar-refractivity contribution in [2.45, 2.75) is 32.4 Å². The molecule has 7 nitrogen and oxygen atoms in total. The molecule has 1 aliphatic heterocycles. The number of nitrogens with zero attached hydrogens (tertiary/aromatic N) is 6. The van der Waals surface area contributed by atoms with Crippen LogP contribution in [0, 0.1) is 6.92 Å². The first kappa shape index (κ1) is 18.5. The van der Waals surface area contributed by atoms with Gasteiger partial charge in [-0.05, 0) is 43.5 Å². The molecule has 0 spiro atoms. The van der Waals surface area contributed by atoms with Crippen molar-refractivity contribution in [2.24, 2.45) is 0 Å². The average molecular weight is 424 g/mol. The van der Waals surface area contributed by atoms with Gasteiger partial charge in [0.2, 0.25) is 11.1 Å². The van der Waals surface area contributed by atoms with E-state index in [1.807, 2.05) is 19.1 Å². The van der Waals surface area contributed by atoms with Crippen molar-refractivity contribution in [3.63, 3.8) is 0 Å². The van der Waals surface area contributed by atoms with Crippen LogP contribution in [-0.4, -0.2) is 43.3 Å². The summed E-state index contributed by atoms with van der Waals surface area (Å²) in [5.41, 5.74) is 0.990. The smallest absolute Gasteiger partial charge is 0.242 e. The van der Waals surface area contributed by atoms with Gasteiger partial charge in [0.25, 0.3) is 0 Å². The largest absolute Gasteiger partial charge is 0.350 e. The summed E-state index contributed by atoms with van der Waals surface area (Å²) in [4.78, 5) is 11.1.